The van der Waals surface area contributed by atoms with Gasteiger partial charge in [0, 0.05) is 0 Å². The Labute approximate surface area is 29.3 Å². The molecule has 5 heavy (non-hydrogen) atoms. The normalized spacial score (nSPS) is 11.6. The van der Waals surface area contributed by atoms with E-state index in [4.69, 9.17) is 10.2 Å². The number of hydrogen-bond acceptors (Lipinski definition) is 3. The van der Waals surface area contributed by atoms with E-state index in [1.807, 2.05) is 0 Å². The van der Waals surface area contributed by atoms with Crippen LogP contribution in [0, 0.1) is 0 Å². The minimum absolute atomic E-state index is 0.417. The first-order valence-corrected chi connectivity index (χ1v) is 1.06. The molecular formula is C2H5NO2. The molecule has 30 valence electrons. The molecule has 0 aromatic carbocycles. The Kier molecular flexibility index (Phi) is 1.21. The first-order valence-electron chi connectivity index (χ1n) is 1.06. The van der Waals surface area contributed by atoms with Gasteiger partial charge in [-0.15, -0.1) is 0 Å². The van der Waals surface area contributed by atoms with Gasteiger partial charge in [0.25, 0.3) is 0 Å². The average molecular weight is 75.1 g/mol. The van der Waals surface area contributed by atoms with E-state index < -0.39 is 5.88 Å². The van der Waals surface area contributed by atoms with E-state index in [0.717, 1.165) is 0 Å². The third-order valence-electron chi connectivity index (χ3n) is 0.132. The molecule has 0 rings (SSSR count). The summed E-state index contributed by atoms with van der Waals surface area (Å²) in [5, 5.41) is 15.4. The van der Waals surface area contributed by atoms with E-state index >= 15 is 0 Å². The van der Waals surface area contributed by atoms with Crippen molar-refractivity contribution >= 4 is 0 Å². The lowest BCUT2D eigenvalue weighted by atomic mass is 10.9. The Morgan fingerprint density at radius 2 is 2.00 bits per heavy atom. The smallest absolute Gasteiger partial charge is 0.217 e. The maximum atomic E-state index is 7.75. The molecule has 0 saturated carbocycles. The molecule has 0 fully saturated rings. The van der Waals surface area contributed by atoms with Crippen LogP contribution in [0.2, 0.25) is 0 Å². The zero-order valence-corrected chi connectivity index (χ0v) is 2.55. The van der Waals surface area contributed by atoms with Gasteiger partial charge in [-0.2, -0.15) is 0 Å². The van der Waals surface area contributed by atoms with Crippen LogP contribution in [0.15, 0.2) is 12.1 Å². The van der Waals surface area contributed by atoms with Gasteiger partial charge in [-0.25, -0.2) is 0 Å². The van der Waals surface area contributed by atoms with Gasteiger partial charge in [0.2, 0.25) is 5.88 Å². The van der Waals surface area contributed by atoms with E-state index in [9.17, 15) is 0 Å². The first kappa shape index (κ1) is 4.14. The fraction of sp³-hybridized carbons (Fsp3) is 0. The summed E-state index contributed by atoms with van der Waals surface area (Å²) in [6.07, 6.45) is 0.417. The van der Waals surface area contributed by atoms with E-state index in [-0.39, 0.29) is 0 Å². The lowest BCUT2D eigenvalue weighted by Gasteiger charge is -1.75. The zero-order chi connectivity index (χ0) is 4.28. The van der Waals surface area contributed by atoms with Crippen molar-refractivity contribution in [3.05, 3.63) is 12.1 Å². The van der Waals surface area contributed by atoms with Crippen molar-refractivity contribution in [2.75, 3.05) is 0 Å². The summed E-state index contributed by atoms with van der Waals surface area (Å²) in [5.41, 5.74) is 4.46. The molecule has 0 aromatic heterocycles. The van der Waals surface area contributed by atoms with E-state index in [0.29, 0.717) is 6.26 Å². The molecule has 0 amide bonds. The molecule has 0 aromatic rings. The second-order valence-electron chi connectivity index (χ2n) is 0.554. The van der Waals surface area contributed by atoms with Gasteiger partial charge in [-0.05, 0) is 0 Å². The quantitative estimate of drug-likeness (QED) is 0.351. The molecule has 0 aliphatic carbocycles. The highest BCUT2D eigenvalue weighted by Gasteiger charge is 1.65. The summed E-state index contributed by atoms with van der Waals surface area (Å²) in [4.78, 5) is 0. The van der Waals surface area contributed by atoms with Crippen molar-refractivity contribution in [1.82, 2.24) is 0 Å². The topological polar surface area (TPSA) is 66.5 Å². The summed E-state index contributed by atoms with van der Waals surface area (Å²) in [6.45, 7) is 0. The lowest BCUT2D eigenvalue weighted by Crippen LogP contribution is -1.92. The van der Waals surface area contributed by atoms with Crippen LogP contribution in [0.3, 0.4) is 0 Å². The number of hydrogen-bond donors (Lipinski definition) is 3. The van der Waals surface area contributed by atoms with Gasteiger partial charge in [0.1, 0.15) is 6.26 Å². The highest BCUT2D eigenvalue weighted by atomic mass is 16.3. The van der Waals surface area contributed by atoms with Crippen LogP contribution in [-0.4, -0.2) is 10.2 Å². The van der Waals surface area contributed by atoms with E-state index in [2.05, 4.69) is 5.73 Å². The van der Waals surface area contributed by atoms with Crippen LogP contribution in [-0.2, 0) is 0 Å². The van der Waals surface area contributed by atoms with Crippen LogP contribution in [0.1, 0.15) is 0 Å². The molecule has 0 bridgehead atoms. The standard InChI is InChI=1S/C2H5NO2/c3-2(5)1-4/h1,4-5H,3H2/b2-1-. The minimum Gasteiger partial charge on any atom is -0.510 e. The van der Waals surface area contributed by atoms with Crippen LogP contribution in [0.4, 0.5) is 0 Å². The van der Waals surface area contributed by atoms with Crippen molar-refractivity contribution in [3.8, 4) is 0 Å². The molecule has 0 aliphatic heterocycles. The predicted molar refractivity (Wildman–Crippen MR) is 17.5 cm³/mol. The number of rotatable bonds is 0. The lowest BCUT2D eigenvalue weighted by molar-refractivity contribution is 0.357. The molecule has 3 heteroatoms. The molecule has 0 atom stereocenters. The summed E-state index contributed by atoms with van der Waals surface area (Å²) < 4.78 is 0. The Morgan fingerprint density at radius 3 is 2.00 bits per heavy atom. The van der Waals surface area contributed by atoms with Crippen molar-refractivity contribution < 1.29 is 10.2 Å². The minimum atomic E-state index is -0.565. The maximum absolute atomic E-state index is 7.75. The number of aliphatic hydroxyl groups is 2. The Morgan fingerprint density at radius 1 is 1.80 bits per heavy atom. The fourth-order valence-electron chi connectivity index (χ4n) is 0. The molecule has 3 nitrogen and oxygen atoms in total. The second-order valence-corrected chi connectivity index (χ2v) is 0.554. The second kappa shape index (κ2) is 1.46. The van der Waals surface area contributed by atoms with Gasteiger partial charge >= 0.3 is 0 Å². The summed E-state index contributed by atoms with van der Waals surface area (Å²) in [7, 11) is 0. The van der Waals surface area contributed by atoms with Crippen molar-refractivity contribution in [3.63, 3.8) is 0 Å². The van der Waals surface area contributed by atoms with Gasteiger partial charge in [-0.3, -0.25) is 0 Å². The molecule has 0 unspecified atom stereocenters. The SMILES string of the molecule is N/C(O)=C/O. The summed E-state index contributed by atoms with van der Waals surface area (Å²) in [6, 6.07) is 0. The van der Waals surface area contributed by atoms with Crippen LogP contribution in [0.25, 0.3) is 0 Å². The highest BCUT2D eigenvalue weighted by molar-refractivity contribution is 4.71. The average Bonchev–Trinajstić information content (AvgIpc) is 1.38. The van der Waals surface area contributed by atoms with Gasteiger partial charge in [-0.1, -0.05) is 0 Å². The van der Waals surface area contributed by atoms with Gasteiger partial charge < -0.3 is 15.9 Å². The summed E-state index contributed by atoms with van der Waals surface area (Å²) in [5.74, 6) is -0.565. The fourth-order valence-corrected chi connectivity index (χ4v) is 0. The van der Waals surface area contributed by atoms with Gasteiger partial charge in [0.05, 0.1) is 0 Å². The van der Waals surface area contributed by atoms with Crippen LogP contribution >= 0.6 is 0 Å². The Balaban J connectivity index is 3.14. The third-order valence-corrected chi connectivity index (χ3v) is 0.132. The van der Waals surface area contributed by atoms with Crippen molar-refractivity contribution in [2.45, 2.75) is 0 Å². The van der Waals surface area contributed by atoms with Crippen LogP contribution in [0.5, 0.6) is 0 Å². The maximum Gasteiger partial charge on any atom is 0.217 e. The molecule has 0 spiro atoms. The molecule has 0 radical (unpaired) electrons. The van der Waals surface area contributed by atoms with Crippen LogP contribution < -0.4 is 5.73 Å². The first-order chi connectivity index (χ1) is 2.27. The van der Waals surface area contributed by atoms with Gasteiger partial charge in [0.15, 0.2) is 0 Å². The van der Waals surface area contributed by atoms with E-state index in [1.165, 1.54) is 0 Å². The summed E-state index contributed by atoms with van der Waals surface area (Å²) >= 11 is 0. The predicted octanol–water partition coefficient (Wildman–Crippen LogP) is -0.140. The largest absolute Gasteiger partial charge is 0.510 e. The Bertz CT molecular complexity index is 45.6. The van der Waals surface area contributed by atoms with E-state index in [1.54, 1.807) is 0 Å². The molecular weight excluding hydrogens is 70.0 g/mol. The molecule has 0 heterocycles. The molecule has 0 aliphatic rings. The monoisotopic (exact) mass is 75.0 g/mol. The molecule has 0 saturated heterocycles. The number of aliphatic hydroxyl groups excluding tert-OH is 2. The molecule has 4 N–H and O–H groups in total. The highest BCUT2D eigenvalue weighted by Crippen LogP contribution is 1.61. The number of nitrogens with two attached hydrogens (primary N) is 1. The third kappa shape index (κ3) is 3.14. The zero-order valence-electron chi connectivity index (χ0n) is 2.55. The van der Waals surface area contributed by atoms with Crippen molar-refractivity contribution in [2.24, 2.45) is 5.73 Å². The Hall–Kier alpha value is -0.860. The van der Waals surface area contributed by atoms with Crippen molar-refractivity contribution in [1.29, 1.82) is 0 Å².